The number of hydrogen-bond donors (Lipinski definition) is 1. The van der Waals surface area contributed by atoms with Crippen molar-refractivity contribution in [3.8, 4) is 11.5 Å². The Morgan fingerprint density at radius 3 is 2.46 bits per heavy atom. The first-order chi connectivity index (χ1) is 12.4. The zero-order valence-electron chi connectivity index (χ0n) is 13.7. The highest BCUT2D eigenvalue weighted by Gasteiger charge is 2.19. The number of nitro groups is 1. The zero-order chi connectivity index (χ0) is 19.3. The second-order valence-corrected chi connectivity index (χ2v) is 5.69. The Hall–Kier alpha value is -2.84. The fourth-order valence-corrected chi connectivity index (χ4v) is 2.54. The van der Waals surface area contributed by atoms with Crippen LogP contribution in [-0.4, -0.2) is 31.3 Å². The molecular weight excluding hydrogens is 385 g/mol. The predicted molar refractivity (Wildman–Crippen MR) is 97.7 cm³/mol. The summed E-state index contributed by atoms with van der Waals surface area (Å²) in [6.45, 7) is 0. The summed E-state index contributed by atoms with van der Waals surface area (Å²) in [6.07, 6.45) is 1.22. The maximum Gasteiger partial charge on any atom is 0.311 e. The van der Waals surface area contributed by atoms with Gasteiger partial charge in [-0.05, 0) is 18.2 Å². The van der Waals surface area contributed by atoms with Crippen LogP contribution in [-0.2, 0) is 0 Å². The van der Waals surface area contributed by atoms with E-state index in [-0.39, 0.29) is 33.3 Å². The zero-order valence-corrected chi connectivity index (χ0v) is 15.2. The van der Waals surface area contributed by atoms with Crippen molar-refractivity contribution in [3.63, 3.8) is 0 Å². The second-order valence-electron chi connectivity index (χ2n) is 4.85. The number of carbonyl (C=O) groups excluding carboxylic acids is 1. The molecule has 0 heterocycles. The third-order valence-electron chi connectivity index (χ3n) is 3.27. The average molecular weight is 398 g/mol. The molecule has 1 amide bonds. The van der Waals surface area contributed by atoms with Crippen LogP contribution in [0.25, 0.3) is 0 Å². The Labute approximate surface area is 158 Å². The highest BCUT2D eigenvalue weighted by atomic mass is 35.5. The van der Waals surface area contributed by atoms with Crippen molar-refractivity contribution in [2.24, 2.45) is 5.10 Å². The van der Waals surface area contributed by atoms with Crippen molar-refractivity contribution in [1.82, 2.24) is 5.43 Å². The van der Waals surface area contributed by atoms with Crippen LogP contribution in [0.1, 0.15) is 15.9 Å². The predicted octanol–water partition coefficient (Wildman–Crippen LogP) is 3.68. The summed E-state index contributed by atoms with van der Waals surface area (Å²) >= 11 is 11.7. The van der Waals surface area contributed by atoms with Gasteiger partial charge < -0.3 is 9.47 Å². The molecule has 2 aromatic rings. The highest BCUT2D eigenvalue weighted by Crippen LogP contribution is 2.33. The van der Waals surface area contributed by atoms with Crippen LogP contribution < -0.4 is 14.9 Å². The summed E-state index contributed by atoms with van der Waals surface area (Å²) in [7, 11) is 2.70. The number of benzene rings is 2. The number of amides is 1. The van der Waals surface area contributed by atoms with E-state index >= 15 is 0 Å². The number of halogens is 2. The highest BCUT2D eigenvalue weighted by molar-refractivity contribution is 6.36. The number of nitrogens with one attached hydrogen (secondary N) is 1. The van der Waals surface area contributed by atoms with Crippen LogP contribution >= 0.6 is 23.2 Å². The van der Waals surface area contributed by atoms with Crippen molar-refractivity contribution in [1.29, 1.82) is 0 Å². The van der Waals surface area contributed by atoms with Gasteiger partial charge in [-0.15, -0.1) is 0 Å². The fraction of sp³-hybridized carbons (Fsp3) is 0.125. The lowest BCUT2D eigenvalue weighted by Gasteiger charge is -2.08. The van der Waals surface area contributed by atoms with Crippen LogP contribution in [0, 0.1) is 10.1 Å². The molecule has 0 atom stereocenters. The number of nitrogens with zero attached hydrogens (tertiary/aromatic N) is 2. The van der Waals surface area contributed by atoms with Gasteiger partial charge in [-0.1, -0.05) is 23.2 Å². The topological polar surface area (TPSA) is 103 Å². The molecule has 1 N–H and O–H groups in total. The summed E-state index contributed by atoms with van der Waals surface area (Å²) in [4.78, 5) is 22.6. The van der Waals surface area contributed by atoms with Crippen molar-refractivity contribution >= 4 is 41.0 Å². The molecular formula is C16H13Cl2N3O5. The van der Waals surface area contributed by atoms with E-state index in [4.69, 9.17) is 32.7 Å². The van der Waals surface area contributed by atoms with E-state index in [0.717, 1.165) is 0 Å². The van der Waals surface area contributed by atoms with Crippen molar-refractivity contribution in [2.75, 3.05) is 14.2 Å². The first-order valence-electron chi connectivity index (χ1n) is 7.06. The Morgan fingerprint density at radius 1 is 1.19 bits per heavy atom. The van der Waals surface area contributed by atoms with E-state index in [2.05, 4.69) is 10.5 Å². The second kappa shape index (κ2) is 8.50. The molecule has 2 aromatic carbocycles. The quantitative estimate of drug-likeness (QED) is 0.454. The summed E-state index contributed by atoms with van der Waals surface area (Å²) < 4.78 is 10.1. The number of nitro benzene ring substituents is 1. The van der Waals surface area contributed by atoms with E-state index in [1.165, 1.54) is 50.8 Å². The van der Waals surface area contributed by atoms with Gasteiger partial charge in [0.05, 0.1) is 35.9 Å². The van der Waals surface area contributed by atoms with Crippen molar-refractivity contribution in [3.05, 3.63) is 61.6 Å². The molecule has 0 bridgehead atoms. The molecule has 0 saturated carbocycles. The normalized spacial score (nSPS) is 10.6. The number of hydrogen-bond acceptors (Lipinski definition) is 6. The van der Waals surface area contributed by atoms with Gasteiger partial charge in [0, 0.05) is 22.7 Å². The molecule has 8 nitrogen and oxygen atoms in total. The molecule has 10 heteroatoms. The van der Waals surface area contributed by atoms with Crippen LogP contribution in [0.3, 0.4) is 0 Å². The number of hydrazone groups is 1. The molecule has 0 aromatic heterocycles. The lowest BCUT2D eigenvalue weighted by Crippen LogP contribution is -2.18. The molecule has 0 radical (unpaired) electrons. The van der Waals surface area contributed by atoms with E-state index in [9.17, 15) is 14.9 Å². The molecule has 0 spiro atoms. The minimum Gasteiger partial charge on any atom is -0.496 e. The van der Waals surface area contributed by atoms with Crippen LogP contribution in [0.5, 0.6) is 11.5 Å². The van der Waals surface area contributed by atoms with E-state index in [1.807, 2.05) is 0 Å². The third kappa shape index (κ3) is 4.41. The van der Waals surface area contributed by atoms with Crippen molar-refractivity contribution < 1.29 is 19.2 Å². The van der Waals surface area contributed by atoms with Gasteiger partial charge in [0.25, 0.3) is 5.91 Å². The maximum absolute atomic E-state index is 12.1. The molecule has 26 heavy (non-hydrogen) atoms. The molecule has 0 aliphatic carbocycles. The van der Waals surface area contributed by atoms with E-state index < -0.39 is 10.8 Å². The standard InChI is InChI=1S/C16H13Cl2N3O5/c1-25-14-7-15(26-2)13(21(23)24)5-9(14)8-19-20-16(22)11-4-3-10(17)6-12(11)18/h3-8H,1-2H3,(H,20,22)/b19-8+. The van der Waals surface area contributed by atoms with Gasteiger partial charge in [-0.3, -0.25) is 14.9 Å². The number of rotatable bonds is 6. The summed E-state index contributed by atoms with van der Waals surface area (Å²) in [5.74, 6) is -0.235. The molecule has 136 valence electrons. The van der Waals surface area contributed by atoms with Crippen LogP contribution in [0.2, 0.25) is 10.0 Å². The van der Waals surface area contributed by atoms with Crippen molar-refractivity contribution in [2.45, 2.75) is 0 Å². The maximum atomic E-state index is 12.1. The van der Waals surface area contributed by atoms with Gasteiger partial charge in [0.1, 0.15) is 5.75 Å². The Kier molecular flexibility index (Phi) is 6.37. The van der Waals surface area contributed by atoms with Gasteiger partial charge in [-0.2, -0.15) is 5.10 Å². The third-order valence-corrected chi connectivity index (χ3v) is 3.82. The first kappa shape index (κ1) is 19.5. The van der Waals surface area contributed by atoms with Gasteiger partial charge >= 0.3 is 5.69 Å². The lowest BCUT2D eigenvalue weighted by molar-refractivity contribution is -0.385. The molecule has 0 saturated heterocycles. The van der Waals surface area contributed by atoms with E-state index in [0.29, 0.717) is 5.02 Å². The van der Waals surface area contributed by atoms with Crippen LogP contribution in [0.4, 0.5) is 5.69 Å². The minimum absolute atomic E-state index is 0.0426. The Morgan fingerprint density at radius 2 is 1.88 bits per heavy atom. The monoisotopic (exact) mass is 397 g/mol. The SMILES string of the molecule is COc1cc(OC)c([N+](=O)[O-])cc1/C=N/NC(=O)c1ccc(Cl)cc1Cl. The van der Waals surface area contributed by atoms with Gasteiger partial charge in [0.15, 0.2) is 0 Å². The average Bonchev–Trinajstić information content (AvgIpc) is 2.60. The molecule has 0 unspecified atom stereocenters. The van der Waals surface area contributed by atoms with Gasteiger partial charge in [0.2, 0.25) is 5.75 Å². The number of methoxy groups -OCH3 is 2. The molecule has 0 aliphatic rings. The molecule has 0 aliphatic heterocycles. The smallest absolute Gasteiger partial charge is 0.311 e. The summed E-state index contributed by atoms with van der Waals surface area (Å²) in [5.41, 5.74) is 2.48. The Balaban J connectivity index is 2.25. The number of ether oxygens (including phenoxy) is 2. The number of carbonyl (C=O) groups is 1. The lowest BCUT2D eigenvalue weighted by atomic mass is 10.1. The summed E-state index contributed by atoms with van der Waals surface area (Å²) in [5, 5.41) is 15.5. The molecule has 2 rings (SSSR count). The molecule has 0 fully saturated rings. The first-order valence-corrected chi connectivity index (χ1v) is 7.81. The minimum atomic E-state index is -0.596. The fourth-order valence-electron chi connectivity index (χ4n) is 2.04. The van der Waals surface area contributed by atoms with E-state index in [1.54, 1.807) is 0 Å². The Bertz CT molecular complexity index is 886. The van der Waals surface area contributed by atoms with Gasteiger partial charge in [-0.25, -0.2) is 5.43 Å². The summed E-state index contributed by atoms with van der Waals surface area (Å²) in [6, 6.07) is 6.98. The van der Waals surface area contributed by atoms with Crippen LogP contribution in [0.15, 0.2) is 35.4 Å². The largest absolute Gasteiger partial charge is 0.496 e.